The van der Waals surface area contributed by atoms with E-state index >= 15 is 0 Å². The predicted molar refractivity (Wildman–Crippen MR) is 171 cm³/mol. The summed E-state index contributed by atoms with van der Waals surface area (Å²) in [5.74, 6) is 0. The molecule has 0 heterocycles. The second-order valence-corrected chi connectivity index (χ2v) is 18.7. The molecule has 5 heteroatoms. The summed E-state index contributed by atoms with van der Waals surface area (Å²) < 4.78 is 12.7. The topological polar surface area (TPSA) is 47.6 Å². The van der Waals surface area contributed by atoms with Gasteiger partial charge in [0.2, 0.25) is 0 Å². The van der Waals surface area contributed by atoms with Gasteiger partial charge in [0.1, 0.15) is 5.60 Å². The molecule has 0 spiro atoms. The molecule has 226 valence electrons. The summed E-state index contributed by atoms with van der Waals surface area (Å²) in [5, 5.41) is 3.29. The van der Waals surface area contributed by atoms with Gasteiger partial charge in [0.05, 0.1) is 12.1 Å². The van der Waals surface area contributed by atoms with Crippen LogP contribution in [0.5, 0.6) is 0 Å². The van der Waals surface area contributed by atoms with Crippen molar-refractivity contribution in [1.82, 2.24) is 5.32 Å². The van der Waals surface area contributed by atoms with Gasteiger partial charge >= 0.3 is 6.09 Å². The maximum absolute atomic E-state index is 12.9. The van der Waals surface area contributed by atoms with Gasteiger partial charge in [0.25, 0.3) is 0 Å². The van der Waals surface area contributed by atoms with Crippen LogP contribution in [0.4, 0.5) is 4.79 Å². The number of unbranched alkanes of at least 4 members (excludes halogenated alkanes) is 12. The molecule has 1 aromatic rings. The molecule has 0 aliphatic carbocycles. The molecule has 1 amide bonds. The van der Waals surface area contributed by atoms with Crippen LogP contribution in [-0.2, 0) is 9.16 Å². The van der Waals surface area contributed by atoms with Crippen LogP contribution in [0.2, 0.25) is 18.1 Å². The monoisotopic (exact) mass is 561 g/mol. The SMILES string of the molecule is CCCCCCCCCCCCCCC[C@H](O[Si](C)(C)C(C)(C)C)[C@@H](NC(=O)OC(C)(C)C)c1ccccc1. The van der Waals surface area contributed by atoms with Gasteiger partial charge in [-0.25, -0.2) is 4.79 Å². The fraction of sp³-hybridized carbons (Fsp3) is 0.794. The van der Waals surface area contributed by atoms with E-state index in [0.717, 1.165) is 18.4 Å². The largest absolute Gasteiger partial charge is 0.444 e. The minimum Gasteiger partial charge on any atom is -0.444 e. The van der Waals surface area contributed by atoms with E-state index < -0.39 is 13.9 Å². The Labute approximate surface area is 243 Å². The lowest BCUT2D eigenvalue weighted by molar-refractivity contribution is 0.0421. The van der Waals surface area contributed by atoms with Gasteiger partial charge in [-0.1, -0.05) is 141 Å². The second-order valence-electron chi connectivity index (χ2n) is 14.0. The third-order valence-electron chi connectivity index (χ3n) is 8.05. The highest BCUT2D eigenvalue weighted by molar-refractivity contribution is 6.74. The number of amides is 1. The Morgan fingerprint density at radius 2 is 1.23 bits per heavy atom. The first-order chi connectivity index (χ1) is 18.3. The molecule has 0 unspecified atom stereocenters. The smallest absolute Gasteiger partial charge is 0.408 e. The standard InChI is InChI=1S/C34H63NO3Si/c1-10-11-12-13-14-15-16-17-18-19-20-21-25-28-30(38-39(8,9)34(5,6)7)31(29-26-23-22-24-27-29)35-32(36)37-33(2,3)4/h22-24,26-27,30-31H,10-21,25,28H2,1-9H3,(H,35,36)/t30-,31-/m0/s1. The molecule has 1 rings (SSSR count). The molecular weight excluding hydrogens is 498 g/mol. The highest BCUT2D eigenvalue weighted by Crippen LogP contribution is 2.40. The van der Waals surface area contributed by atoms with Gasteiger partial charge in [-0.2, -0.15) is 0 Å². The number of alkyl carbamates (subject to hydrolysis) is 1. The number of carbonyl (C=O) groups excluding carboxylic acids is 1. The van der Waals surface area contributed by atoms with Crippen molar-refractivity contribution >= 4 is 14.4 Å². The Hall–Kier alpha value is -1.33. The minimum atomic E-state index is -2.06. The van der Waals surface area contributed by atoms with Gasteiger partial charge in [0.15, 0.2) is 8.32 Å². The predicted octanol–water partition coefficient (Wildman–Crippen LogP) is 11.1. The fourth-order valence-corrected chi connectivity index (χ4v) is 6.06. The number of nitrogens with one attached hydrogen (secondary N) is 1. The molecule has 39 heavy (non-hydrogen) atoms. The van der Waals surface area contributed by atoms with Crippen LogP contribution in [0.3, 0.4) is 0 Å². The number of hydrogen-bond acceptors (Lipinski definition) is 3. The number of hydrogen-bond donors (Lipinski definition) is 1. The molecule has 0 saturated heterocycles. The molecular formula is C34H63NO3Si. The minimum absolute atomic E-state index is 0.0893. The van der Waals surface area contributed by atoms with E-state index in [1.165, 1.54) is 77.0 Å². The lowest BCUT2D eigenvalue weighted by Crippen LogP contribution is -2.48. The van der Waals surface area contributed by atoms with E-state index in [1.54, 1.807) is 0 Å². The van der Waals surface area contributed by atoms with E-state index in [-0.39, 0.29) is 23.3 Å². The second kappa shape index (κ2) is 18.2. The lowest BCUT2D eigenvalue weighted by atomic mass is 9.96. The average Bonchev–Trinajstić information content (AvgIpc) is 2.83. The zero-order chi connectivity index (χ0) is 29.4. The van der Waals surface area contributed by atoms with Crippen LogP contribution >= 0.6 is 0 Å². The molecule has 0 aromatic heterocycles. The molecule has 0 bridgehead atoms. The molecule has 1 N–H and O–H groups in total. The van der Waals surface area contributed by atoms with Crippen molar-refractivity contribution < 1.29 is 14.0 Å². The van der Waals surface area contributed by atoms with Gasteiger partial charge in [-0.3, -0.25) is 0 Å². The first-order valence-electron chi connectivity index (χ1n) is 16.0. The molecule has 0 aliphatic heterocycles. The fourth-order valence-electron chi connectivity index (χ4n) is 4.70. The van der Waals surface area contributed by atoms with E-state index in [4.69, 9.17) is 9.16 Å². The van der Waals surface area contributed by atoms with Gasteiger partial charge in [0, 0.05) is 0 Å². The van der Waals surface area contributed by atoms with Crippen molar-refractivity contribution in [2.75, 3.05) is 0 Å². The number of carbonyl (C=O) groups is 1. The Morgan fingerprint density at radius 3 is 1.67 bits per heavy atom. The third kappa shape index (κ3) is 15.9. The van der Waals surface area contributed by atoms with Crippen molar-refractivity contribution in [3.05, 3.63) is 35.9 Å². The van der Waals surface area contributed by atoms with E-state index in [2.05, 4.69) is 58.2 Å². The highest BCUT2D eigenvalue weighted by atomic mass is 28.4. The Balaban J connectivity index is 2.74. The molecule has 1 aromatic carbocycles. The van der Waals surface area contributed by atoms with Crippen molar-refractivity contribution in [1.29, 1.82) is 0 Å². The van der Waals surface area contributed by atoms with Crippen LogP contribution in [0.25, 0.3) is 0 Å². The summed E-state index contributed by atoms with van der Waals surface area (Å²) in [4.78, 5) is 12.9. The van der Waals surface area contributed by atoms with Gasteiger partial charge in [-0.15, -0.1) is 0 Å². The van der Waals surface area contributed by atoms with E-state index in [9.17, 15) is 4.79 Å². The zero-order valence-electron chi connectivity index (χ0n) is 27.2. The Kier molecular flexibility index (Phi) is 16.6. The van der Waals surface area contributed by atoms with Crippen molar-refractivity contribution in [3.8, 4) is 0 Å². The van der Waals surface area contributed by atoms with Crippen LogP contribution in [-0.4, -0.2) is 26.1 Å². The van der Waals surface area contributed by atoms with Crippen molar-refractivity contribution in [3.63, 3.8) is 0 Å². The van der Waals surface area contributed by atoms with E-state index in [0.29, 0.717) is 0 Å². The molecule has 4 nitrogen and oxygen atoms in total. The summed E-state index contributed by atoms with van der Waals surface area (Å²) in [6.45, 7) is 19.4. The van der Waals surface area contributed by atoms with Crippen molar-refractivity contribution in [2.24, 2.45) is 0 Å². The molecule has 0 radical (unpaired) electrons. The maximum atomic E-state index is 12.9. The summed E-state index contributed by atoms with van der Waals surface area (Å²) in [6, 6.07) is 10.0. The summed E-state index contributed by atoms with van der Waals surface area (Å²) in [6.07, 6.45) is 17.9. The Bertz CT molecular complexity index is 767. The number of benzene rings is 1. The van der Waals surface area contributed by atoms with Crippen molar-refractivity contribution in [2.45, 2.75) is 174 Å². The lowest BCUT2D eigenvalue weighted by Gasteiger charge is -2.42. The van der Waals surface area contributed by atoms with Crippen LogP contribution < -0.4 is 5.32 Å². The molecule has 0 aliphatic rings. The Morgan fingerprint density at radius 1 is 0.769 bits per heavy atom. The first-order valence-corrected chi connectivity index (χ1v) is 18.9. The highest BCUT2D eigenvalue weighted by Gasteiger charge is 2.41. The summed E-state index contributed by atoms with van der Waals surface area (Å²) >= 11 is 0. The van der Waals surface area contributed by atoms with Crippen LogP contribution in [0.1, 0.15) is 150 Å². The first kappa shape index (κ1) is 35.7. The number of rotatable bonds is 19. The molecule has 0 fully saturated rings. The van der Waals surface area contributed by atoms with Gasteiger partial charge < -0.3 is 14.5 Å². The average molecular weight is 562 g/mol. The number of ether oxygens (including phenoxy) is 1. The van der Waals surface area contributed by atoms with Crippen LogP contribution in [0, 0.1) is 0 Å². The third-order valence-corrected chi connectivity index (χ3v) is 12.6. The maximum Gasteiger partial charge on any atom is 0.408 e. The van der Waals surface area contributed by atoms with Gasteiger partial charge in [-0.05, 0) is 50.9 Å². The normalized spacial score (nSPS) is 14.2. The zero-order valence-corrected chi connectivity index (χ0v) is 28.2. The van der Waals surface area contributed by atoms with Crippen LogP contribution in [0.15, 0.2) is 30.3 Å². The summed E-state index contributed by atoms with van der Waals surface area (Å²) in [5.41, 5.74) is 0.526. The molecule has 0 saturated carbocycles. The molecule has 2 atom stereocenters. The van der Waals surface area contributed by atoms with E-state index in [1.807, 2.05) is 39.0 Å². The summed E-state index contributed by atoms with van der Waals surface area (Å²) in [7, 11) is -2.06. The quantitative estimate of drug-likeness (QED) is 0.135.